The van der Waals surface area contributed by atoms with Gasteiger partial charge in [-0.2, -0.15) is 19.6 Å². The number of anilines is 2. The minimum Gasteiger partial charge on any atom is -0.364 e. The van der Waals surface area contributed by atoms with Crippen molar-refractivity contribution >= 4 is 18.0 Å². The largest absolute Gasteiger partial charge is 0.364 e. The van der Waals surface area contributed by atoms with Crippen molar-refractivity contribution in [3.8, 4) is 6.19 Å². The Bertz CT molecular complexity index is 1150. The second-order valence-corrected chi connectivity index (χ2v) is 8.40. The van der Waals surface area contributed by atoms with Gasteiger partial charge >= 0.3 is 6.01 Å². The van der Waals surface area contributed by atoms with Gasteiger partial charge in [-0.25, -0.2) is 14.9 Å². The Balaban J connectivity index is 1.38. The summed E-state index contributed by atoms with van der Waals surface area (Å²) in [5, 5.41) is 16.8. The molecule has 1 aromatic carbocycles. The highest BCUT2D eigenvalue weighted by Crippen LogP contribution is 2.48. The number of ether oxygens (including phenoxy) is 1. The van der Waals surface area contributed by atoms with Crippen LogP contribution in [0.4, 0.5) is 16.1 Å². The van der Waals surface area contributed by atoms with Crippen molar-refractivity contribution < 1.29 is 13.7 Å². The number of hydrogen-bond acceptors (Lipinski definition) is 10. The lowest BCUT2D eigenvalue weighted by Crippen LogP contribution is -2.48. The summed E-state index contributed by atoms with van der Waals surface area (Å²) in [6, 6.07) is 7.60. The van der Waals surface area contributed by atoms with Gasteiger partial charge in [-0.05, 0) is 32.8 Å². The normalized spacial score (nSPS) is 27.8. The molecule has 158 valence electrons. The van der Waals surface area contributed by atoms with Gasteiger partial charge in [-0.15, -0.1) is 0 Å². The molecule has 0 bridgehead atoms. The first-order valence-electron chi connectivity index (χ1n) is 10.0. The third kappa shape index (κ3) is 2.55. The van der Waals surface area contributed by atoms with E-state index in [0.29, 0.717) is 17.3 Å². The maximum absolute atomic E-state index is 15.1. The van der Waals surface area contributed by atoms with Crippen molar-refractivity contribution in [1.82, 2.24) is 20.0 Å². The minimum atomic E-state index is -1.66. The first-order valence-corrected chi connectivity index (χ1v) is 10.0. The number of fused-ring (bicyclic) bond motifs is 6. The number of para-hydroxylation sites is 1. The van der Waals surface area contributed by atoms with Gasteiger partial charge in [0.25, 0.3) is 6.42 Å². The minimum absolute atomic E-state index is 0.195. The summed E-state index contributed by atoms with van der Waals surface area (Å²) in [4.78, 5) is 11.5. The predicted octanol–water partition coefficient (Wildman–Crippen LogP) is 3.13. The standard InChI is InChI=1S/C20H19FN8O2/c1-20(2)8-7-14(30-20)16-24-19(31-25-16)27-11-23-17-12-5-3-4-6-13(12)28-15(29(17)27)9-26(10-22)18(28)21/h3-6,9,11,14,17-18H,7-8H2,1-2H3. The summed E-state index contributed by atoms with van der Waals surface area (Å²) < 4.78 is 26.6. The Labute approximate surface area is 177 Å². The molecule has 0 N–H and O–H groups in total. The van der Waals surface area contributed by atoms with Crippen LogP contribution in [0.1, 0.15) is 50.3 Å². The number of halogens is 1. The lowest BCUT2D eigenvalue weighted by molar-refractivity contribution is -0.0207. The van der Waals surface area contributed by atoms with Crippen LogP contribution < -0.4 is 9.91 Å². The number of nitrogens with zero attached hydrogens (tertiary/aromatic N) is 8. The molecule has 4 aliphatic rings. The molecule has 0 saturated carbocycles. The predicted molar refractivity (Wildman–Crippen MR) is 106 cm³/mol. The van der Waals surface area contributed by atoms with Crippen LogP contribution in [0.3, 0.4) is 0 Å². The number of alkyl halides is 1. The van der Waals surface area contributed by atoms with Gasteiger partial charge in [0.05, 0.1) is 17.5 Å². The molecule has 1 saturated heterocycles. The topological polar surface area (TPSA) is 97.3 Å². The van der Waals surface area contributed by atoms with E-state index in [1.165, 1.54) is 11.1 Å². The Morgan fingerprint density at radius 1 is 1.29 bits per heavy atom. The lowest BCUT2D eigenvalue weighted by atomic mass is 10.1. The first kappa shape index (κ1) is 18.1. The highest BCUT2D eigenvalue weighted by atomic mass is 19.1. The molecule has 1 aromatic heterocycles. The Hall–Kier alpha value is -3.65. The average Bonchev–Trinajstić information content (AvgIpc) is 3.52. The molecule has 5 heterocycles. The molecule has 1 fully saturated rings. The van der Waals surface area contributed by atoms with E-state index in [4.69, 9.17) is 9.26 Å². The van der Waals surface area contributed by atoms with E-state index in [2.05, 4.69) is 15.1 Å². The van der Waals surface area contributed by atoms with Crippen molar-refractivity contribution in [3.63, 3.8) is 0 Å². The summed E-state index contributed by atoms with van der Waals surface area (Å²) in [6.45, 7) is 4.07. The average molecular weight is 422 g/mol. The fourth-order valence-electron chi connectivity index (χ4n) is 4.46. The van der Waals surface area contributed by atoms with Gasteiger partial charge in [-0.1, -0.05) is 23.4 Å². The zero-order valence-electron chi connectivity index (χ0n) is 16.9. The van der Waals surface area contributed by atoms with Gasteiger partial charge in [0.15, 0.2) is 18.2 Å². The van der Waals surface area contributed by atoms with Crippen LogP contribution >= 0.6 is 0 Å². The molecule has 6 rings (SSSR count). The number of rotatable bonds is 2. The SMILES string of the molecule is CC1(C)CCC(c2noc(N3C=NC4c5ccccc5N5C(=CN(C#N)C5F)N43)n2)O1. The fraction of sp³-hybridized carbons (Fsp3) is 0.400. The number of hydrazine groups is 1. The Morgan fingerprint density at radius 2 is 2.13 bits per heavy atom. The summed E-state index contributed by atoms with van der Waals surface area (Å²) in [6.07, 6.45) is 4.27. The number of nitriles is 1. The quantitative estimate of drug-likeness (QED) is 0.534. The van der Waals surface area contributed by atoms with E-state index >= 15 is 4.39 Å². The number of aromatic nitrogens is 2. The second-order valence-electron chi connectivity index (χ2n) is 8.40. The van der Waals surface area contributed by atoms with Crippen LogP contribution in [0.2, 0.25) is 0 Å². The van der Waals surface area contributed by atoms with E-state index in [1.54, 1.807) is 16.4 Å². The molecular weight excluding hydrogens is 403 g/mol. The molecule has 2 aromatic rings. The molecule has 31 heavy (non-hydrogen) atoms. The van der Waals surface area contributed by atoms with E-state index in [-0.39, 0.29) is 17.7 Å². The van der Waals surface area contributed by atoms with Gasteiger partial charge in [0.1, 0.15) is 12.4 Å². The second kappa shape index (κ2) is 6.18. The molecule has 0 radical (unpaired) electrons. The molecule has 0 spiro atoms. The highest BCUT2D eigenvalue weighted by molar-refractivity contribution is 5.79. The van der Waals surface area contributed by atoms with Crippen molar-refractivity contribution in [2.45, 2.75) is 51.0 Å². The van der Waals surface area contributed by atoms with Gasteiger partial charge < -0.3 is 9.26 Å². The van der Waals surface area contributed by atoms with Crippen molar-refractivity contribution in [3.05, 3.63) is 47.7 Å². The molecule has 10 nitrogen and oxygen atoms in total. The van der Waals surface area contributed by atoms with Crippen LogP contribution in [-0.4, -0.2) is 38.4 Å². The third-order valence-corrected chi connectivity index (χ3v) is 5.93. The maximum atomic E-state index is 15.1. The Morgan fingerprint density at radius 3 is 2.90 bits per heavy atom. The summed E-state index contributed by atoms with van der Waals surface area (Å²) in [7, 11) is 0. The molecular formula is C20H19FN8O2. The summed E-state index contributed by atoms with van der Waals surface area (Å²) >= 11 is 0. The fourth-order valence-corrected chi connectivity index (χ4v) is 4.46. The number of aliphatic imine (C=N–C) groups is 1. The highest BCUT2D eigenvalue weighted by Gasteiger charge is 2.49. The van der Waals surface area contributed by atoms with Crippen LogP contribution in [-0.2, 0) is 4.74 Å². The van der Waals surface area contributed by atoms with Crippen LogP contribution in [0.15, 0.2) is 45.8 Å². The van der Waals surface area contributed by atoms with E-state index in [1.807, 2.05) is 44.3 Å². The molecule has 11 heteroatoms. The third-order valence-electron chi connectivity index (χ3n) is 5.93. The number of benzene rings is 1. The molecule has 0 amide bonds. The molecule has 0 aliphatic carbocycles. The first-order chi connectivity index (χ1) is 15.0. The van der Waals surface area contributed by atoms with Crippen molar-refractivity contribution in [2.24, 2.45) is 4.99 Å². The molecule has 3 unspecified atom stereocenters. The van der Waals surface area contributed by atoms with Crippen molar-refractivity contribution in [2.75, 3.05) is 9.91 Å². The zero-order valence-corrected chi connectivity index (χ0v) is 16.9. The van der Waals surface area contributed by atoms with Crippen LogP contribution in [0, 0.1) is 11.5 Å². The molecule has 3 atom stereocenters. The van der Waals surface area contributed by atoms with Gasteiger partial charge in [0, 0.05) is 5.56 Å². The maximum Gasteiger partial charge on any atom is 0.348 e. The van der Waals surface area contributed by atoms with E-state index in [9.17, 15) is 5.26 Å². The summed E-state index contributed by atoms with van der Waals surface area (Å²) in [5.41, 5.74) is 1.24. The number of hydrogen-bond donors (Lipinski definition) is 0. The van der Waals surface area contributed by atoms with E-state index in [0.717, 1.165) is 23.3 Å². The zero-order chi connectivity index (χ0) is 21.3. The van der Waals surface area contributed by atoms with Crippen LogP contribution in [0.5, 0.6) is 0 Å². The smallest absolute Gasteiger partial charge is 0.348 e. The van der Waals surface area contributed by atoms with Crippen molar-refractivity contribution in [1.29, 1.82) is 5.26 Å². The lowest BCUT2D eigenvalue weighted by Gasteiger charge is -2.41. The van der Waals surface area contributed by atoms with Gasteiger partial charge in [-0.3, -0.25) is 4.90 Å². The van der Waals surface area contributed by atoms with Gasteiger partial charge in [0.2, 0.25) is 5.82 Å². The van der Waals surface area contributed by atoms with E-state index < -0.39 is 12.6 Å². The molecule has 4 aliphatic heterocycles. The monoisotopic (exact) mass is 422 g/mol. The Kier molecular flexibility index (Phi) is 3.62. The summed E-state index contributed by atoms with van der Waals surface area (Å²) in [5.74, 6) is 0.919. The van der Waals surface area contributed by atoms with Crippen LogP contribution in [0.25, 0.3) is 0 Å².